The number of nitrogens with zero attached hydrogens (tertiary/aromatic N) is 2. The van der Waals surface area contributed by atoms with Gasteiger partial charge in [0.25, 0.3) is 5.56 Å². The third-order valence-corrected chi connectivity index (χ3v) is 4.00. The molecule has 1 amide bonds. The monoisotopic (exact) mass is 321 g/mol. The number of carbonyl (C=O) groups is 1. The zero-order valence-electron chi connectivity index (χ0n) is 14.0. The van der Waals surface area contributed by atoms with E-state index in [0.29, 0.717) is 5.39 Å². The maximum atomic E-state index is 12.4. The molecule has 0 saturated heterocycles. The highest BCUT2D eigenvalue weighted by Gasteiger charge is 2.11. The van der Waals surface area contributed by atoms with Crippen molar-refractivity contribution in [1.29, 1.82) is 0 Å². The molecule has 2 aromatic carbocycles. The van der Waals surface area contributed by atoms with Crippen molar-refractivity contribution in [1.82, 2.24) is 9.78 Å². The van der Waals surface area contributed by atoms with Gasteiger partial charge >= 0.3 is 0 Å². The van der Waals surface area contributed by atoms with Crippen molar-refractivity contribution in [2.75, 3.05) is 5.32 Å². The third-order valence-electron chi connectivity index (χ3n) is 4.00. The van der Waals surface area contributed by atoms with Crippen molar-refractivity contribution >= 4 is 22.4 Å². The lowest BCUT2D eigenvalue weighted by atomic mass is 10.1. The molecule has 1 N–H and O–H groups in total. The molecule has 0 aliphatic carbocycles. The zero-order valence-corrected chi connectivity index (χ0v) is 14.0. The van der Waals surface area contributed by atoms with Crippen LogP contribution in [0.15, 0.2) is 47.4 Å². The summed E-state index contributed by atoms with van der Waals surface area (Å²) in [6.07, 6.45) is 1.60. The summed E-state index contributed by atoms with van der Waals surface area (Å²) in [6, 6.07) is 11.2. The third kappa shape index (κ3) is 3.06. The highest BCUT2D eigenvalue weighted by Crippen LogP contribution is 2.21. The van der Waals surface area contributed by atoms with Gasteiger partial charge < -0.3 is 5.32 Å². The summed E-state index contributed by atoms with van der Waals surface area (Å²) in [5.41, 5.74) is 3.68. The van der Waals surface area contributed by atoms with E-state index < -0.39 is 0 Å². The minimum absolute atomic E-state index is 0.115. The molecule has 0 unspecified atom stereocenters. The molecule has 3 rings (SSSR count). The van der Waals surface area contributed by atoms with Crippen LogP contribution in [0.25, 0.3) is 10.8 Å². The summed E-state index contributed by atoms with van der Waals surface area (Å²) in [5, 5.41) is 8.31. The Morgan fingerprint density at radius 2 is 1.79 bits per heavy atom. The Morgan fingerprint density at radius 3 is 2.50 bits per heavy atom. The highest BCUT2D eigenvalue weighted by atomic mass is 16.2. The van der Waals surface area contributed by atoms with Gasteiger partial charge in [0.15, 0.2) is 0 Å². The second-order valence-electron chi connectivity index (χ2n) is 6.02. The van der Waals surface area contributed by atoms with Crippen LogP contribution in [0.5, 0.6) is 0 Å². The van der Waals surface area contributed by atoms with Gasteiger partial charge in [-0.3, -0.25) is 9.59 Å². The fraction of sp³-hybridized carbons (Fsp3) is 0.211. The molecule has 24 heavy (non-hydrogen) atoms. The largest absolute Gasteiger partial charge is 0.324 e. The van der Waals surface area contributed by atoms with Crippen molar-refractivity contribution < 1.29 is 4.79 Å². The first-order valence-corrected chi connectivity index (χ1v) is 7.78. The van der Waals surface area contributed by atoms with E-state index in [4.69, 9.17) is 0 Å². The number of aromatic nitrogens is 2. The number of anilines is 1. The van der Waals surface area contributed by atoms with E-state index in [1.54, 1.807) is 18.3 Å². The maximum Gasteiger partial charge on any atom is 0.275 e. The van der Waals surface area contributed by atoms with Crippen molar-refractivity contribution in [3.8, 4) is 0 Å². The van der Waals surface area contributed by atoms with Crippen molar-refractivity contribution in [3.63, 3.8) is 0 Å². The second-order valence-corrected chi connectivity index (χ2v) is 6.02. The Balaban J connectivity index is 1.86. The molecule has 0 saturated carbocycles. The molecule has 0 radical (unpaired) electrons. The molecule has 0 fully saturated rings. The first-order valence-electron chi connectivity index (χ1n) is 7.78. The van der Waals surface area contributed by atoms with E-state index >= 15 is 0 Å². The highest BCUT2D eigenvalue weighted by molar-refractivity contribution is 5.92. The molecule has 0 aliphatic rings. The number of benzene rings is 2. The van der Waals surface area contributed by atoms with E-state index in [2.05, 4.69) is 10.4 Å². The number of rotatable bonds is 3. The predicted octanol–water partition coefficient (Wildman–Crippen LogP) is 2.96. The number of carbonyl (C=O) groups excluding carboxylic acids is 1. The molecule has 5 nitrogen and oxygen atoms in total. The van der Waals surface area contributed by atoms with Crippen LogP contribution in [0.3, 0.4) is 0 Å². The number of amides is 1. The molecule has 0 atom stereocenters. The van der Waals surface area contributed by atoms with Crippen LogP contribution in [0.4, 0.5) is 5.69 Å². The van der Waals surface area contributed by atoms with Crippen LogP contribution in [0, 0.1) is 20.8 Å². The molecule has 1 heterocycles. The average Bonchev–Trinajstić information content (AvgIpc) is 2.54. The summed E-state index contributed by atoms with van der Waals surface area (Å²) in [7, 11) is 0. The van der Waals surface area contributed by atoms with Crippen LogP contribution in [0.1, 0.15) is 16.7 Å². The maximum absolute atomic E-state index is 12.4. The minimum Gasteiger partial charge on any atom is -0.324 e. The standard InChI is InChI=1S/C19H19N3O2/c1-12-8-13(2)18(14(3)9-12)21-17(23)11-22-19(24)16-7-5-4-6-15(16)10-20-22/h4-10H,11H2,1-3H3,(H,21,23). The van der Waals surface area contributed by atoms with Crippen LogP contribution in [-0.2, 0) is 11.3 Å². The Morgan fingerprint density at radius 1 is 1.12 bits per heavy atom. The van der Waals surface area contributed by atoms with E-state index in [-0.39, 0.29) is 18.0 Å². The molecule has 0 aliphatic heterocycles. The summed E-state index contributed by atoms with van der Waals surface area (Å²) in [6.45, 7) is 5.81. The predicted molar refractivity (Wildman–Crippen MR) is 95.3 cm³/mol. The van der Waals surface area contributed by atoms with Gasteiger partial charge in [0, 0.05) is 11.1 Å². The van der Waals surface area contributed by atoms with E-state index in [9.17, 15) is 9.59 Å². The Labute approximate surface area is 139 Å². The number of hydrogen-bond acceptors (Lipinski definition) is 3. The van der Waals surface area contributed by atoms with Crippen molar-refractivity contribution in [2.24, 2.45) is 0 Å². The summed E-state index contributed by atoms with van der Waals surface area (Å²) in [5.74, 6) is -0.269. The van der Waals surface area contributed by atoms with Gasteiger partial charge in [-0.05, 0) is 38.0 Å². The smallest absolute Gasteiger partial charge is 0.275 e. The average molecular weight is 321 g/mol. The molecule has 122 valence electrons. The van der Waals surface area contributed by atoms with Gasteiger partial charge in [0.2, 0.25) is 5.91 Å². The lowest BCUT2D eigenvalue weighted by molar-refractivity contribution is -0.117. The lowest BCUT2D eigenvalue weighted by Crippen LogP contribution is -2.29. The van der Waals surface area contributed by atoms with Crippen LogP contribution < -0.4 is 10.9 Å². The number of hydrogen-bond donors (Lipinski definition) is 1. The molecular weight excluding hydrogens is 302 g/mol. The molecule has 0 bridgehead atoms. The summed E-state index contributed by atoms with van der Waals surface area (Å²) >= 11 is 0. The number of fused-ring (bicyclic) bond motifs is 1. The number of aryl methyl sites for hydroxylation is 3. The van der Waals surface area contributed by atoms with E-state index in [1.807, 2.05) is 45.0 Å². The van der Waals surface area contributed by atoms with E-state index in [0.717, 1.165) is 27.8 Å². The Bertz CT molecular complexity index is 966. The van der Waals surface area contributed by atoms with Crippen LogP contribution >= 0.6 is 0 Å². The minimum atomic E-state index is -0.269. The van der Waals surface area contributed by atoms with Gasteiger partial charge in [0.05, 0.1) is 11.6 Å². The Hall–Kier alpha value is -2.95. The van der Waals surface area contributed by atoms with E-state index in [1.165, 1.54) is 4.68 Å². The molecule has 0 spiro atoms. The van der Waals surface area contributed by atoms with Crippen molar-refractivity contribution in [3.05, 3.63) is 69.6 Å². The zero-order chi connectivity index (χ0) is 17.3. The number of nitrogens with one attached hydrogen (secondary N) is 1. The normalized spacial score (nSPS) is 10.8. The molecule has 3 aromatic rings. The lowest BCUT2D eigenvalue weighted by Gasteiger charge is -2.13. The summed E-state index contributed by atoms with van der Waals surface area (Å²) < 4.78 is 1.19. The first-order chi connectivity index (χ1) is 11.5. The van der Waals surface area contributed by atoms with Crippen molar-refractivity contribution in [2.45, 2.75) is 27.3 Å². The van der Waals surface area contributed by atoms with Crippen LogP contribution in [0.2, 0.25) is 0 Å². The first kappa shape index (κ1) is 15.9. The topological polar surface area (TPSA) is 64.0 Å². The SMILES string of the molecule is Cc1cc(C)c(NC(=O)Cn2ncc3ccccc3c2=O)c(C)c1. The van der Waals surface area contributed by atoms with Gasteiger partial charge in [-0.2, -0.15) is 5.10 Å². The molecular formula is C19H19N3O2. The van der Waals surface area contributed by atoms with Gasteiger partial charge in [0.1, 0.15) is 6.54 Å². The second kappa shape index (κ2) is 6.28. The fourth-order valence-electron chi connectivity index (χ4n) is 2.93. The Kier molecular flexibility index (Phi) is 4.16. The molecule has 1 aromatic heterocycles. The summed E-state index contributed by atoms with van der Waals surface area (Å²) in [4.78, 5) is 24.8. The van der Waals surface area contributed by atoms with Gasteiger partial charge in [-0.25, -0.2) is 4.68 Å². The van der Waals surface area contributed by atoms with Gasteiger partial charge in [-0.1, -0.05) is 35.9 Å². The fourth-order valence-corrected chi connectivity index (χ4v) is 2.93. The van der Waals surface area contributed by atoms with Crippen LogP contribution in [-0.4, -0.2) is 15.7 Å². The molecule has 5 heteroatoms. The van der Waals surface area contributed by atoms with Gasteiger partial charge in [-0.15, -0.1) is 0 Å². The quantitative estimate of drug-likeness (QED) is 0.806.